The molecule has 1 rings (SSSR count). The maximum absolute atomic E-state index is 11.6. The molecule has 0 aliphatic rings. The van der Waals surface area contributed by atoms with E-state index < -0.39 is 0 Å². The maximum atomic E-state index is 11.6. The van der Waals surface area contributed by atoms with Crippen LogP contribution in [-0.2, 0) is 0 Å². The molecule has 82 valence electrons. The second-order valence-corrected chi connectivity index (χ2v) is 3.32. The van der Waals surface area contributed by atoms with Gasteiger partial charge in [-0.2, -0.15) is 0 Å². The molecule has 3 N–H and O–H groups in total. The Kier molecular flexibility index (Phi) is 3.94. The van der Waals surface area contributed by atoms with Crippen LogP contribution in [0.1, 0.15) is 16.8 Å². The number of ketones is 1. The van der Waals surface area contributed by atoms with Gasteiger partial charge in [0.2, 0.25) is 0 Å². The van der Waals surface area contributed by atoms with E-state index in [9.17, 15) is 9.90 Å². The molecule has 0 aliphatic carbocycles. The van der Waals surface area contributed by atoms with Crippen molar-refractivity contribution in [2.24, 2.45) is 5.73 Å². The van der Waals surface area contributed by atoms with Gasteiger partial charge in [0.1, 0.15) is 11.5 Å². The summed E-state index contributed by atoms with van der Waals surface area (Å²) in [5, 5.41) is 9.63. The summed E-state index contributed by atoms with van der Waals surface area (Å²) in [6, 6.07) is 2.87. The molecule has 0 unspecified atom stereocenters. The zero-order valence-corrected chi connectivity index (χ0v) is 9.04. The van der Waals surface area contributed by atoms with E-state index in [0.717, 1.165) is 0 Å². The Labute approximate surface area is 92.6 Å². The van der Waals surface area contributed by atoms with Crippen LogP contribution in [0.25, 0.3) is 0 Å². The van der Waals surface area contributed by atoms with E-state index in [1.807, 2.05) is 0 Å². The molecule has 0 saturated carbocycles. The van der Waals surface area contributed by atoms with Gasteiger partial charge in [-0.05, 0) is 18.7 Å². The summed E-state index contributed by atoms with van der Waals surface area (Å²) in [7, 11) is 1.44. The molecule has 15 heavy (non-hydrogen) atoms. The van der Waals surface area contributed by atoms with Crippen LogP contribution in [0, 0.1) is 0 Å². The molecule has 0 saturated heterocycles. The lowest BCUT2D eigenvalue weighted by Gasteiger charge is -2.09. The van der Waals surface area contributed by atoms with Crippen LogP contribution >= 0.6 is 11.6 Å². The van der Waals surface area contributed by atoms with Gasteiger partial charge in [0, 0.05) is 6.42 Å². The molecule has 0 aliphatic heterocycles. The van der Waals surface area contributed by atoms with E-state index in [2.05, 4.69) is 0 Å². The predicted molar refractivity (Wildman–Crippen MR) is 57.7 cm³/mol. The fraction of sp³-hybridized carbons (Fsp3) is 0.300. The van der Waals surface area contributed by atoms with Crippen LogP contribution in [-0.4, -0.2) is 24.5 Å². The highest BCUT2D eigenvalue weighted by molar-refractivity contribution is 6.35. The SMILES string of the molecule is COc1ccc(O)c(C(=O)CCN)c1Cl. The van der Waals surface area contributed by atoms with E-state index in [1.54, 1.807) is 0 Å². The van der Waals surface area contributed by atoms with Crippen LogP contribution in [0.2, 0.25) is 5.02 Å². The lowest BCUT2D eigenvalue weighted by Crippen LogP contribution is -2.09. The summed E-state index contributed by atoms with van der Waals surface area (Å²) in [6.07, 6.45) is 0.139. The second-order valence-electron chi connectivity index (χ2n) is 2.94. The molecule has 0 amide bonds. The van der Waals surface area contributed by atoms with Gasteiger partial charge in [-0.3, -0.25) is 4.79 Å². The van der Waals surface area contributed by atoms with E-state index in [-0.39, 0.29) is 35.1 Å². The first kappa shape index (κ1) is 11.8. The first-order valence-electron chi connectivity index (χ1n) is 4.40. The normalized spacial score (nSPS) is 10.1. The zero-order chi connectivity index (χ0) is 11.4. The first-order valence-corrected chi connectivity index (χ1v) is 4.78. The third-order valence-electron chi connectivity index (χ3n) is 1.95. The molecule has 5 heteroatoms. The summed E-state index contributed by atoms with van der Waals surface area (Å²) in [5.41, 5.74) is 5.33. The van der Waals surface area contributed by atoms with Crippen molar-refractivity contribution < 1.29 is 14.6 Å². The molecule has 1 aromatic carbocycles. The van der Waals surface area contributed by atoms with Crippen LogP contribution in [0.4, 0.5) is 0 Å². The number of phenols is 1. The van der Waals surface area contributed by atoms with E-state index >= 15 is 0 Å². The Hall–Kier alpha value is -1.26. The summed E-state index contributed by atoms with van der Waals surface area (Å²) < 4.78 is 4.94. The fourth-order valence-electron chi connectivity index (χ4n) is 1.23. The van der Waals surface area contributed by atoms with Gasteiger partial charge in [0.15, 0.2) is 5.78 Å². The Morgan fingerprint density at radius 3 is 2.80 bits per heavy atom. The number of hydrogen-bond donors (Lipinski definition) is 2. The number of hydrogen-bond acceptors (Lipinski definition) is 4. The summed E-state index contributed by atoms with van der Waals surface area (Å²) >= 11 is 5.90. The molecule has 0 fully saturated rings. The third-order valence-corrected chi connectivity index (χ3v) is 2.33. The number of phenolic OH excluding ortho intramolecular Hbond substituents is 1. The molecule has 0 aromatic heterocycles. The highest BCUT2D eigenvalue weighted by Crippen LogP contribution is 2.34. The van der Waals surface area contributed by atoms with Gasteiger partial charge in [-0.25, -0.2) is 0 Å². The van der Waals surface area contributed by atoms with Gasteiger partial charge in [-0.15, -0.1) is 0 Å². The maximum Gasteiger partial charge on any atom is 0.169 e. The smallest absolute Gasteiger partial charge is 0.169 e. The van der Waals surface area contributed by atoms with Crippen molar-refractivity contribution in [3.05, 3.63) is 22.7 Å². The molecule has 1 aromatic rings. The Balaban J connectivity index is 3.20. The van der Waals surface area contributed by atoms with Crippen LogP contribution in [0.15, 0.2) is 12.1 Å². The minimum absolute atomic E-state index is 0.0708. The van der Waals surface area contributed by atoms with Crippen LogP contribution < -0.4 is 10.5 Å². The quantitative estimate of drug-likeness (QED) is 0.769. The summed E-state index contributed by atoms with van der Waals surface area (Å²) in [5.74, 6) is -0.0898. The third kappa shape index (κ3) is 2.40. The zero-order valence-electron chi connectivity index (χ0n) is 8.29. The van der Waals surface area contributed by atoms with Crippen molar-refractivity contribution >= 4 is 17.4 Å². The molecule has 4 nitrogen and oxygen atoms in total. The Morgan fingerprint density at radius 1 is 1.60 bits per heavy atom. The number of rotatable bonds is 4. The van der Waals surface area contributed by atoms with E-state index in [1.165, 1.54) is 19.2 Å². The number of halogens is 1. The molecule has 0 bridgehead atoms. The number of ether oxygens (including phenoxy) is 1. The summed E-state index contributed by atoms with van der Waals surface area (Å²) in [4.78, 5) is 11.6. The minimum Gasteiger partial charge on any atom is -0.507 e. The number of aromatic hydroxyl groups is 1. The Morgan fingerprint density at radius 2 is 2.27 bits per heavy atom. The van der Waals surface area contributed by atoms with E-state index in [0.29, 0.717) is 5.75 Å². The lowest BCUT2D eigenvalue weighted by molar-refractivity contribution is 0.0982. The number of Topliss-reactive ketones (excluding diaryl/α,β-unsaturated/α-hetero) is 1. The molecule has 0 heterocycles. The fourth-order valence-corrected chi connectivity index (χ4v) is 1.57. The molecule has 0 spiro atoms. The number of carbonyl (C=O) groups excluding carboxylic acids is 1. The highest BCUT2D eigenvalue weighted by atomic mass is 35.5. The molecular weight excluding hydrogens is 218 g/mol. The molecule has 0 atom stereocenters. The van der Waals surface area contributed by atoms with Crippen molar-refractivity contribution in [2.45, 2.75) is 6.42 Å². The van der Waals surface area contributed by atoms with Crippen LogP contribution in [0.3, 0.4) is 0 Å². The second kappa shape index (κ2) is 5.00. The van der Waals surface area contributed by atoms with Crippen molar-refractivity contribution in [1.29, 1.82) is 0 Å². The highest BCUT2D eigenvalue weighted by Gasteiger charge is 2.18. The minimum atomic E-state index is -0.293. The van der Waals surface area contributed by atoms with Gasteiger partial charge >= 0.3 is 0 Å². The average Bonchev–Trinajstić information content (AvgIpc) is 2.18. The van der Waals surface area contributed by atoms with Gasteiger partial charge in [-0.1, -0.05) is 11.6 Å². The molecular formula is C10H12ClNO3. The number of nitrogens with two attached hydrogens (primary N) is 1. The predicted octanol–water partition coefficient (Wildman–Crippen LogP) is 1.59. The van der Waals surface area contributed by atoms with Gasteiger partial charge < -0.3 is 15.6 Å². The van der Waals surface area contributed by atoms with Crippen molar-refractivity contribution in [2.75, 3.05) is 13.7 Å². The lowest BCUT2D eigenvalue weighted by atomic mass is 10.1. The average molecular weight is 230 g/mol. The molecule has 0 radical (unpaired) electrons. The topological polar surface area (TPSA) is 72.5 Å². The monoisotopic (exact) mass is 229 g/mol. The first-order chi connectivity index (χ1) is 7.11. The number of benzene rings is 1. The largest absolute Gasteiger partial charge is 0.507 e. The van der Waals surface area contributed by atoms with Crippen LogP contribution in [0.5, 0.6) is 11.5 Å². The van der Waals surface area contributed by atoms with E-state index in [4.69, 9.17) is 22.1 Å². The standard InChI is InChI=1S/C10H12ClNO3/c1-15-8-3-2-6(13)9(10(8)11)7(14)4-5-12/h2-3,13H,4-5,12H2,1H3. The number of carbonyl (C=O) groups is 1. The van der Waals surface area contributed by atoms with Crippen molar-refractivity contribution in [1.82, 2.24) is 0 Å². The van der Waals surface area contributed by atoms with Gasteiger partial charge in [0.25, 0.3) is 0 Å². The van der Waals surface area contributed by atoms with Crippen molar-refractivity contribution in [3.63, 3.8) is 0 Å². The van der Waals surface area contributed by atoms with Crippen molar-refractivity contribution in [3.8, 4) is 11.5 Å². The number of methoxy groups -OCH3 is 1. The van der Waals surface area contributed by atoms with Gasteiger partial charge in [0.05, 0.1) is 17.7 Å². The Bertz CT molecular complexity index is 379. The summed E-state index contributed by atoms with van der Waals surface area (Å²) in [6.45, 7) is 0.214.